The van der Waals surface area contributed by atoms with E-state index < -0.39 is 11.9 Å². The van der Waals surface area contributed by atoms with E-state index in [-0.39, 0.29) is 11.1 Å². The van der Waals surface area contributed by atoms with Crippen LogP contribution in [-0.4, -0.2) is 19.0 Å². The summed E-state index contributed by atoms with van der Waals surface area (Å²) in [4.78, 5) is 24.5. The van der Waals surface area contributed by atoms with Crippen LogP contribution in [0.15, 0.2) is 66.8 Å². The van der Waals surface area contributed by atoms with Crippen molar-refractivity contribution < 1.29 is 23.8 Å². The van der Waals surface area contributed by atoms with Gasteiger partial charge in [0.1, 0.15) is 11.5 Å². The van der Waals surface area contributed by atoms with Crippen LogP contribution in [0.3, 0.4) is 0 Å². The van der Waals surface area contributed by atoms with E-state index in [1.807, 2.05) is 12.1 Å². The molecule has 0 N–H and O–H groups in total. The third kappa shape index (κ3) is 3.34. The Labute approximate surface area is 162 Å². The molecule has 0 unspecified atom stereocenters. The minimum Gasteiger partial charge on any atom is -0.496 e. The third-order valence-electron chi connectivity index (χ3n) is 4.22. The van der Waals surface area contributed by atoms with Gasteiger partial charge < -0.3 is 14.2 Å². The number of hydrogen-bond donors (Lipinski definition) is 0. The molecule has 0 aliphatic rings. The van der Waals surface area contributed by atoms with Crippen LogP contribution >= 0.6 is 0 Å². The van der Waals surface area contributed by atoms with Gasteiger partial charge in [0.2, 0.25) is 0 Å². The Hall–Kier alpha value is -3.60. The Morgan fingerprint density at radius 1 is 0.750 bits per heavy atom. The molecule has 0 amide bonds. The maximum Gasteiger partial charge on any atom is 0.338 e. The minimum atomic E-state index is -0.552. The number of hydrogen-bond acceptors (Lipinski definition) is 5. The Bertz CT molecular complexity index is 1140. The summed E-state index contributed by atoms with van der Waals surface area (Å²) in [6.45, 7) is 10.4. The standard InChI is InChI=1S/C23H20O5/c1-13(2)22(24)27-20-15-9-6-7-10-16(15)21(28-23(25)14(3)4)19-17(20)11-8-12-18(19)26-5/h6-12H,1,3H2,2,4-5H3. The van der Waals surface area contributed by atoms with Gasteiger partial charge in [-0.25, -0.2) is 9.59 Å². The Balaban J connectivity index is 2.44. The smallest absolute Gasteiger partial charge is 0.338 e. The van der Waals surface area contributed by atoms with Crippen molar-refractivity contribution in [3.05, 3.63) is 66.8 Å². The Morgan fingerprint density at radius 3 is 1.79 bits per heavy atom. The van der Waals surface area contributed by atoms with Gasteiger partial charge in [0.25, 0.3) is 0 Å². The lowest BCUT2D eigenvalue weighted by Crippen LogP contribution is -2.11. The van der Waals surface area contributed by atoms with Gasteiger partial charge in [-0.15, -0.1) is 0 Å². The Morgan fingerprint density at radius 2 is 1.25 bits per heavy atom. The summed E-state index contributed by atoms with van der Waals surface area (Å²) in [5, 5.41) is 2.35. The fourth-order valence-electron chi connectivity index (χ4n) is 2.86. The van der Waals surface area contributed by atoms with Gasteiger partial charge in [-0.2, -0.15) is 0 Å². The molecule has 5 nitrogen and oxygen atoms in total. The van der Waals surface area contributed by atoms with Crippen LogP contribution in [0.2, 0.25) is 0 Å². The lowest BCUT2D eigenvalue weighted by atomic mass is 9.99. The monoisotopic (exact) mass is 376 g/mol. The first-order valence-corrected chi connectivity index (χ1v) is 8.62. The van der Waals surface area contributed by atoms with Crippen molar-refractivity contribution >= 4 is 33.5 Å². The molecular formula is C23H20O5. The van der Waals surface area contributed by atoms with E-state index in [0.717, 1.165) is 0 Å². The highest BCUT2D eigenvalue weighted by Crippen LogP contribution is 2.46. The number of fused-ring (bicyclic) bond motifs is 2. The van der Waals surface area contributed by atoms with Crippen molar-refractivity contribution in [1.29, 1.82) is 0 Å². The first kappa shape index (κ1) is 19.2. The largest absolute Gasteiger partial charge is 0.496 e. The molecule has 5 heteroatoms. The molecule has 0 fully saturated rings. The summed E-state index contributed by atoms with van der Waals surface area (Å²) < 4.78 is 16.8. The summed E-state index contributed by atoms with van der Waals surface area (Å²) >= 11 is 0. The van der Waals surface area contributed by atoms with Crippen LogP contribution in [0.5, 0.6) is 17.2 Å². The van der Waals surface area contributed by atoms with Crippen molar-refractivity contribution in [3.63, 3.8) is 0 Å². The van der Waals surface area contributed by atoms with Crippen LogP contribution in [0.25, 0.3) is 21.5 Å². The summed E-state index contributed by atoms with van der Waals surface area (Å²) in [5.74, 6) is 0.0733. The molecule has 0 bridgehead atoms. The molecule has 0 saturated heterocycles. The summed E-state index contributed by atoms with van der Waals surface area (Å²) in [6, 6.07) is 12.5. The van der Waals surface area contributed by atoms with Gasteiger partial charge in [0.15, 0.2) is 5.75 Å². The molecule has 0 aromatic heterocycles. The zero-order chi connectivity index (χ0) is 20.4. The van der Waals surface area contributed by atoms with Crippen molar-refractivity contribution in [2.45, 2.75) is 13.8 Å². The first-order valence-electron chi connectivity index (χ1n) is 8.62. The molecule has 0 aliphatic carbocycles. The molecular weight excluding hydrogens is 356 g/mol. The number of carbonyl (C=O) groups excluding carboxylic acids is 2. The second-order valence-corrected chi connectivity index (χ2v) is 6.43. The van der Waals surface area contributed by atoms with Crippen molar-refractivity contribution in [2.75, 3.05) is 7.11 Å². The predicted octanol–water partition coefficient (Wildman–Crippen LogP) is 4.96. The van der Waals surface area contributed by atoms with Crippen molar-refractivity contribution in [3.8, 4) is 17.2 Å². The number of benzene rings is 3. The first-order chi connectivity index (χ1) is 13.3. The van der Waals surface area contributed by atoms with Crippen LogP contribution in [0.1, 0.15) is 13.8 Å². The average molecular weight is 376 g/mol. The van der Waals surface area contributed by atoms with Crippen molar-refractivity contribution in [2.24, 2.45) is 0 Å². The molecule has 3 rings (SSSR count). The van der Waals surface area contributed by atoms with Gasteiger partial charge in [-0.3, -0.25) is 0 Å². The fraction of sp³-hybridized carbons (Fsp3) is 0.130. The van der Waals surface area contributed by atoms with E-state index in [1.165, 1.54) is 7.11 Å². The lowest BCUT2D eigenvalue weighted by molar-refractivity contribution is -0.130. The summed E-state index contributed by atoms with van der Waals surface area (Å²) in [6.07, 6.45) is 0. The van der Waals surface area contributed by atoms with Gasteiger partial charge in [0.05, 0.1) is 12.5 Å². The van der Waals surface area contributed by atoms with Gasteiger partial charge in [-0.1, -0.05) is 49.6 Å². The summed E-state index contributed by atoms with van der Waals surface area (Å²) in [5.41, 5.74) is 0.544. The van der Waals surface area contributed by atoms with E-state index in [9.17, 15) is 9.59 Å². The van der Waals surface area contributed by atoms with Gasteiger partial charge in [0, 0.05) is 27.3 Å². The predicted molar refractivity (Wildman–Crippen MR) is 109 cm³/mol. The van der Waals surface area contributed by atoms with Gasteiger partial charge in [-0.05, 0) is 19.9 Å². The van der Waals surface area contributed by atoms with E-state index in [1.54, 1.807) is 44.2 Å². The zero-order valence-corrected chi connectivity index (χ0v) is 16.0. The van der Waals surface area contributed by atoms with E-state index >= 15 is 0 Å². The lowest BCUT2D eigenvalue weighted by Gasteiger charge is -2.18. The zero-order valence-electron chi connectivity index (χ0n) is 16.0. The van der Waals surface area contributed by atoms with Crippen LogP contribution in [0.4, 0.5) is 0 Å². The SMILES string of the molecule is C=C(C)C(=O)Oc1c2ccccc2c(OC(=O)C(=C)C)c2c(OC)cccc12. The molecule has 0 spiro atoms. The molecule has 28 heavy (non-hydrogen) atoms. The highest BCUT2D eigenvalue weighted by Gasteiger charge is 2.22. The van der Waals surface area contributed by atoms with Crippen LogP contribution in [0, 0.1) is 0 Å². The fourth-order valence-corrected chi connectivity index (χ4v) is 2.86. The minimum absolute atomic E-state index is 0.268. The quantitative estimate of drug-likeness (QED) is 0.272. The highest BCUT2D eigenvalue weighted by molar-refractivity contribution is 6.15. The Kier molecular flexibility index (Phi) is 5.18. The van der Waals surface area contributed by atoms with Gasteiger partial charge >= 0.3 is 11.9 Å². The molecule has 3 aromatic rings. The maximum absolute atomic E-state index is 12.3. The molecule has 0 saturated carbocycles. The molecule has 0 atom stereocenters. The number of rotatable bonds is 5. The highest BCUT2D eigenvalue weighted by atomic mass is 16.5. The van der Waals surface area contributed by atoms with E-state index in [2.05, 4.69) is 13.2 Å². The summed E-state index contributed by atoms with van der Waals surface area (Å²) in [7, 11) is 1.52. The molecule has 3 aromatic carbocycles. The number of ether oxygens (including phenoxy) is 3. The van der Waals surface area contributed by atoms with E-state index in [0.29, 0.717) is 38.8 Å². The van der Waals surface area contributed by atoms with E-state index in [4.69, 9.17) is 14.2 Å². The number of methoxy groups -OCH3 is 1. The number of esters is 2. The van der Waals surface area contributed by atoms with Crippen LogP contribution in [-0.2, 0) is 9.59 Å². The second-order valence-electron chi connectivity index (χ2n) is 6.43. The van der Waals surface area contributed by atoms with Crippen molar-refractivity contribution in [1.82, 2.24) is 0 Å². The maximum atomic E-state index is 12.3. The molecule has 0 radical (unpaired) electrons. The molecule has 0 aliphatic heterocycles. The third-order valence-corrected chi connectivity index (χ3v) is 4.22. The number of carbonyl (C=O) groups is 2. The normalized spacial score (nSPS) is 10.5. The molecule has 0 heterocycles. The second kappa shape index (κ2) is 7.56. The van der Waals surface area contributed by atoms with Crippen LogP contribution < -0.4 is 14.2 Å². The topological polar surface area (TPSA) is 61.8 Å². The molecule has 142 valence electrons. The average Bonchev–Trinajstić information content (AvgIpc) is 2.69.